The number of nitrogens with two attached hydrogens (primary N) is 1. The van der Waals surface area contributed by atoms with Gasteiger partial charge in [-0.15, -0.1) is 0 Å². The van der Waals surface area contributed by atoms with Crippen LogP contribution in [0.1, 0.15) is 44.7 Å². The van der Waals surface area contributed by atoms with E-state index in [9.17, 15) is 4.79 Å². The first-order valence-electron chi connectivity index (χ1n) is 9.27. The summed E-state index contributed by atoms with van der Waals surface area (Å²) < 4.78 is 5.44. The number of nitrogens with zero attached hydrogens (tertiary/aromatic N) is 3. The van der Waals surface area contributed by atoms with E-state index in [2.05, 4.69) is 15.3 Å². The molecule has 2 aliphatic rings. The SMILES string of the molecule is CC(C)C(=O)N1CCC(CNc2cc(C3CCOC3)nc(N)n2)CC1. The third kappa shape index (κ3) is 4.60. The lowest BCUT2D eigenvalue weighted by Crippen LogP contribution is -2.41. The highest BCUT2D eigenvalue weighted by atomic mass is 16.5. The highest BCUT2D eigenvalue weighted by molar-refractivity contribution is 5.78. The van der Waals surface area contributed by atoms with Gasteiger partial charge < -0.3 is 20.7 Å². The van der Waals surface area contributed by atoms with E-state index >= 15 is 0 Å². The Bertz CT molecular complexity index is 593. The topological polar surface area (TPSA) is 93.4 Å². The van der Waals surface area contributed by atoms with Gasteiger partial charge in [0, 0.05) is 44.1 Å². The number of carbonyl (C=O) groups excluding carboxylic acids is 1. The lowest BCUT2D eigenvalue weighted by molar-refractivity contribution is -0.135. The van der Waals surface area contributed by atoms with Crippen molar-refractivity contribution in [2.75, 3.05) is 43.9 Å². The van der Waals surface area contributed by atoms with Crippen LogP contribution in [0.2, 0.25) is 0 Å². The zero-order chi connectivity index (χ0) is 17.8. The molecular weight excluding hydrogens is 318 g/mol. The summed E-state index contributed by atoms with van der Waals surface area (Å²) in [6.07, 6.45) is 3.03. The Kier molecular flexibility index (Phi) is 5.73. The first kappa shape index (κ1) is 17.9. The number of hydrogen-bond donors (Lipinski definition) is 2. The molecule has 0 aromatic carbocycles. The third-order valence-corrected chi connectivity index (χ3v) is 5.10. The molecule has 0 spiro atoms. The zero-order valence-electron chi connectivity index (χ0n) is 15.2. The van der Waals surface area contributed by atoms with Crippen molar-refractivity contribution in [3.63, 3.8) is 0 Å². The first-order valence-corrected chi connectivity index (χ1v) is 9.27. The van der Waals surface area contributed by atoms with E-state index < -0.39 is 0 Å². The molecule has 0 aliphatic carbocycles. The first-order chi connectivity index (χ1) is 12.0. The molecule has 0 saturated carbocycles. The Labute approximate surface area is 149 Å². The number of amides is 1. The summed E-state index contributed by atoms with van der Waals surface area (Å²) in [5.74, 6) is 2.30. The van der Waals surface area contributed by atoms with Gasteiger partial charge in [-0.25, -0.2) is 4.98 Å². The minimum atomic E-state index is 0.0802. The molecule has 0 radical (unpaired) electrons. The van der Waals surface area contributed by atoms with Gasteiger partial charge in [0.05, 0.1) is 12.3 Å². The zero-order valence-corrected chi connectivity index (χ0v) is 15.2. The van der Waals surface area contributed by atoms with Gasteiger partial charge >= 0.3 is 0 Å². The fourth-order valence-corrected chi connectivity index (χ4v) is 3.52. The standard InChI is InChI=1S/C18H29N5O2/c1-12(2)17(24)23-6-3-13(4-7-23)10-20-16-9-15(21-18(19)22-16)14-5-8-25-11-14/h9,12-14H,3-8,10-11H2,1-2H3,(H3,19,20,21,22). The van der Waals surface area contributed by atoms with E-state index in [1.807, 2.05) is 24.8 Å². The van der Waals surface area contributed by atoms with Crippen LogP contribution in [0.4, 0.5) is 11.8 Å². The molecule has 0 bridgehead atoms. The van der Waals surface area contributed by atoms with Crippen LogP contribution in [0, 0.1) is 11.8 Å². The molecule has 1 amide bonds. The number of nitrogens with one attached hydrogen (secondary N) is 1. The summed E-state index contributed by atoms with van der Waals surface area (Å²) in [5.41, 5.74) is 6.83. The molecule has 25 heavy (non-hydrogen) atoms. The second-order valence-electron chi connectivity index (χ2n) is 7.40. The summed E-state index contributed by atoms with van der Waals surface area (Å²) in [4.78, 5) is 22.7. The Morgan fingerprint density at radius 3 is 2.76 bits per heavy atom. The van der Waals surface area contributed by atoms with Gasteiger partial charge in [0.1, 0.15) is 5.82 Å². The van der Waals surface area contributed by atoms with Crippen molar-refractivity contribution < 1.29 is 9.53 Å². The van der Waals surface area contributed by atoms with Crippen LogP contribution in [0.5, 0.6) is 0 Å². The number of ether oxygens (including phenoxy) is 1. The number of nitrogen functional groups attached to an aromatic ring is 1. The van der Waals surface area contributed by atoms with Gasteiger partial charge in [-0.05, 0) is 25.2 Å². The average molecular weight is 347 g/mol. The monoisotopic (exact) mass is 347 g/mol. The predicted molar refractivity (Wildman–Crippen MR) is 97.3 cm³/mol. The molecule has 1 atom stereocenters. The number of likely N-dealkylation sites (tertiary alicyclic amines) is 1. The molecule has 1 unspecified atom stereocenters. The van der Waals surface area contributed by atoms with Gasteiger partial charge in [0.25, 0.3) is 0 Å². The van der Waals surface area contributed by atoms with Crippen molar-refractivity contribution in [1.29, 1.82) is 0 Å². The summed E-state index contributed by atoms with van der Waals surface area (Å²) in [7, 11) is 0. The average Bonchev–Trinajstić information content (AvgIpc) is 3.14. The summed E-state index contributed by atoms with van der Waals surface area (Å²) in [5, 5.41) is 3.41. The number of carbonyl (C=O) groups is 1. The summed E-state index contributed by atoms with van der Waals surface area (Å²) in [6.45, 7) is 7.95. The molecule has 7 nitrogen and oxygen atoms in total. The van der Waals surface area contributed by atoms with Crippen molar-refractivity contribution >= 4 is 17.7 Å². The smallest absolute Gasteiger partial charge is 0.225 e. The van der Waals surface area contributed by atoms with Gasteiger partial charge in [0.15, 0.2) is 0 Å². The van der Waals surface area contributed by atoms with E-state index in [1.165, 1.54) is 0 Å². The number of piperidine rings is 1. The number of rotatable bonds is 5. The Hall–Kier alpha value is -1.89. The second kappa shape index (κ2) is 7.99. The maximum atomic E-state index is 12.1. The minimum absolute atomic E-state index is 0.0802. The van der Waals surface area contributed by atoms with E-state index in [-0.39, 0.29) is 11.8 Å². The van der Waals surface area contributed by atoms with Crippen LogP contribution < -0.4 is 11.1 Å². The normalized spacial score (nSPS) is 21.7. The maximum absolute atomic E-state index is 12.1. The second-order valence-corrected chi connectivity index (χ2v) is 7.40. The van der Waals surface area contributed by atoms with Crippen molar-refractivity contribution in [3.05, 3.63) is 11.8 Å². The van der Waals surface area contributed by atoms with E-state index in [0.717, 1.165) is 57.0 Å². The molecule has 3 rings (SSSR count). The summed E-state index contributed by atoms with van der Waals surface area (Å²) in [6, 6.07) is 1.99. The van der Waals surface area contributed by atoms with Crippen molar-refractivity contribution in [2.24, 2.45) is 11.8 Å². The Morgan fingerprint density at radius 2 is 2.12 bits per heavy atom. The predicted octanol–water partition coefficient (Wildman–Crippen LogP) is 1.87. The Morgan fingerprint density at radius 1 is 1.36 bits per heavy atom. The van der Waals surface area contributed by atoms with Crippen LogP contribution in [-0.2, 0) is 9.53 Å². The van der Waals surface area contributed by atoms with Gasteiger partial charge in [-0.1, -0.05) is 13.8 Å². The molecule has 138 valence electrons. The number of hydrogen-bond acceptors (Lipinski definition) is 6. The molecule has 7 heteroatoms. The molecule has 3 N–H and O–H groups in total. The quantitative estimate of drug-likeness (QED) is 0.844. The maximum Gasteiger partial charge on any atom is 0.225 e. The highest BCUT2D eigenvalue weighted by Gasteiger charge is 2.24. The van der Waals surface area contributed by atoms with Gasteiger partial charge in [-0.3, -0.25) is 4.79 Å². The molecule has 1 aromatic rings. The van der Waals surface area contributed by atoms with E-state index in [0.29, 0.717) is 24.4 Å². The van der Waals surface area contributed by atoms with Crippen LogP contribution in [-0.4, -0.2) is 53.6 Å². The fraction of sp³-hybridized carbons (Fsp3) is 0.722. The largest absolute Gasteiger partial charge is 0.381 e. The molecule has 2 fully saturated rings. The highest BCUT2D eigenvalue weighted by Crippen LogP contribution is 2.26. The third-order valence-electron chi connectivity index (χ3n) is 5.10. The van der Waals surface area contributed by atoms with Gasteiger partial charge in [-0.2, -0.15) is 4.98 Å². The molecular formula is C18H29N5O2. The van der Waals surface area contributed by atoms with Crippen molar-refractivity contribution in [3.8, 4) is 0 Å². The molecule has 1 aromatic heterocycles. The molecule has 2 saturated heterocycles. The minimum Gasteiger partial charge on any atom is -0.381 e. The summed E-state index contributed by atoms with van der Waals surface area (Å²) >= 11 is 0. The molecule has 2 aliphatic heterocycles. The number of anilines is 2. The van der Waals surface area contributed by atoms with Crippen LogP contribution in [0.15, 0.2) is 6.07 Å². The Balaban J connectivity index is 1.51. The van der Waals surface area contributed by atoms with Crippen LogP contribution in [0.3, 0.4) is 0 Å². The lowest BCUT2D eigenvalue weighted by atomic mass is 9.96. The lowest BCUT2D eigenvalue weighted by Gasteiger charge is -2.33. The van der Waals surface area contributed by atoms with Crippen molar-refractivity contribution in [1.82, 2.24) is 14.9 Å². The van der Waals surface area contributed by atoms with E-state index in [4.69, 9.17) is 10.5 Å². The molecule has 3 heterocycles. The van der Waals surface area contributed by atoms with Gasteiger partial charge in [0.2, 0.25) is 11.9 Å². The van der Waals surface area contributed by atoms with Crippen LogP contribution in [0.25, 0.3) is 0 Å². The van der Waals surface area contributed by atoms with Crippen molar-refractivity contribution in [2.45, 2.75) is 39.0 Å². The van der Waals surface area contributed by atoms with Crippen LogP contribution >= 0.6 is 0 Å². The van der Waals surface area contributed by atoms with E-state index in [1.54, 1.807) is 0 Å². The number of aromatic nitrogens is 2. The fourth-order valence-electron chi connectivity index (χ4n) is 3.52.